The molecule has 31 heavy (non-hydrogen) atoms. The second kappa shape index (κ2) is 9.98. The summed E-state index contributed by atoms with van der Waals surface area (Å²) < 4.78 is 23.6. The van der Waals surface area contributed by atoms with Gasteiger partial charge in [-0.15, -0.1) is 0 Å². The molecule has 0 N–H and O–H groups in total. The normalized spacial score (nSPS) is 15.7. The molecule has 2 heterocycles. The molecular formula is C23H26N2O5S. The molecule has 2 aromatic carbocycles. The summed E-state index contributed by atoms with van der Waals surface area (Å²) in [6, 6.07) is 13.1. The number of nitrogens with zero attached hydrogens (tertiary/aromatic N) is 2. The first kappa shape index (κ1) is 21.4. The molecule has 1 aliphatic heterocycles. The van der Waals surface area contributed by atoms with Crippen molar-refractivity contribution in [3.05, 3.63) is 42.5 Å². The lowest BCUT2D eigenvalue weighted by Crippen LogP contribution is -2.40. The van der Waals surface area contributed by atoms with Gasteiger partial charge in [0.15, 0.2) is 23.2 Å². The van der Waals surface area contributed by atoms with Crippen molar-refractivity contribution in [1.82, 2.24) is 4.98 Å². The van der Waals surface area contributed by atoms with E-state index in [9.17, 15) is 4.79 Å². The summed E-state index contributed by atoms with van der Waals surface area (Å²) in [6.07, 6.45) is 1.92. The van der Waals surface area contributed by atoms with Crippen molar-refractivity contribution in [1.29, 1.82) is 0 Å². The number of fused-ring (bicyclic) bond motifs is 1. The molecular weight excluding hydrogens is 416 g/mol. The van der Waals surface area contributed by atoms with E-state index in [1.54, 1.807) is 24.1 Å². The van der Waals surface area contributed by atoms with Crippen LogP contribution in [0.1, 0.15) is 19.8 Å². The first-order valence-electron chi connectivity index (χ1n) is 10.4. The molecule has 1 atom stereocenters. The molecule has 8 heteroatoms. The predicted molar refractivity (Wildman–Crippen MR) is 121 cm³/mol. The zero-order chi connectivity index (χ0) is 21.6. The highest BCUT2D eigenvalue weighted by Gasteiger charge is 2.27. The molecule has 1 unspecified atom stereocenters. The Morgan fingerprint density at radius 2 is 1.97 bits per heavy atom. The van der Waals surface area contributed by atoms with Gasteiger partial charge in [0, 0.05) is 6.61 Å². The molecule has 0 saturated carbocycles. The maximum atomic E-state index is 13.2. The summed E-state index contributed by atoms with van der Waals surface area (Å²) in [5, 5.41) is 0.617. The Morgan fingerprint density at radius 1 is 1.16 bits per heavy atom. The number of methoxy groups -OCH3 is 1. The lowest BCUT2D eigenvalue weighted by molar-refractivity contribution is -0.121. The van der Waals surface area contributed by atoms with Gasteiger partial charge < -0.3 is 18.9 Å². The summed E-state index contributed by atoms with van der Waals surface area (Å²) in [5.74, 6) is 1.65. The minimum absolute atomic E-state index is 0.00594. The number of ether oxygens (including phenoxy) is 4. The number of aromatic nitrogens is 1. The predicted octanol–water partition coefficient (Wildman–Crippen LogP) is 4.29. The largest absolute Gasteiger partial charge is 0.493 e. The topological polar surface area (TPSA) is 70.1 Å². The SMILES string of the molecule is CCOc1cccc2sc(N(CC3CCCO3)C(=O)COc3ccccc3OC)nc12. The summed E-state index contributed by atoms with van der Waals surface area (Å²) in [7, 11) is 1.57. The maximum absolute atomic E-state index is 13.2. The van der Waals surface area contributed by atoms with Crippen molar-refractivity contribution < 1.29 is 23.7 Å². The van der Waals surface area contributed by atoms with Crippen molar-refractivity contribution in [2.75, 3.05) is 38.4 Å². The molecule has 1 fully saturated rings. The van der Waals surface area contributed by atoms with Crippen LogP contribution in [-0.4, -0.2) is 50.5 Å². The highest BCUT2D eigenvalue weighted by Crippen LogP contribution is 2.35. The smallest absolute Gasteiger partial charge is 0.266 e. The third kappa shape index (κ3) is 4.91. The highest BCUT2D eigenvalue weighted by atomic mass is 32.1. The van der Waals surface area contributed by atoms with Crippen LogP contribution < -0.4 is 19.1 Å². The number of para-hydroxylation sites is 3. The van der Waals surface area contributed by atoms with Crippen LogP contribution in [0.4, 0.5) is 5.13 Å². The Kier molecular flexibility index (Phi) is 6.89. The summed E-state index contributed by atoms with van der Waals surface area (Å²) in [4.78, 5) is 19.7. The Bertz CT molecular complexity index is 1030. The summed E-state index contributed by atoms with van der Waals surface area (Å²) in [5.41, 5.74) is 0.764. The number of amides is 1. The van der Waals surface area contributed by atoms with E-state index in [0.717, 1.165) is 35.4 Å². The average molecular weight is 443 g/mol. The quantitative estimate of drug-likeness (QED) is 0.492. The first-order valence-corrected chi connectivity index (χ1v) is 11.2. The fourth-order valence-corrected chi connectivity index (χ4v) is 4.54. The lowest BCUT2D eigenvalue weighted by atomic mass is 10.2. The Hall–Kier alpha value is -2.84. The van der Waals surface area contributed by atoms with Crippen molar-refractivity contribution in [3.63, 3.8) is 0 Å². The standard InChI is InChI=1S/C23H26N2O5S/c1-3-28-19-11-6-12-20-22(19)24-23(31-20)25(14-16-8-7-13-29-16)21(26)15-30-18-10-5-4-9-17(18)27-2/h4-6,9-12,16H,3,7-8,13-15H2,1-2H3. The van der Waals surface area contributed by atoms with Crippen LogP contribution in [0, 0.1) is 0 Å². The molecule has 4 rings (SSSR count). The van der Waals surface area contributed by atoms with Crippen LogP contribution in [0.2, 0.25) is 0 Å². The van der Waals surface area contributed by atoms with Crippen LogP contribution in [0.15, 0.2) is 42.5 Å². The molecule has 1 aliphatic rings. The molecule has 1 aromatic heterocycles. The molecule has 1 saturated heterocycles. The zero-order valence-corrected chi connectivity index (χ0v) is 18.5. The van der Waals surface area contributed by atoms with E-state index in [0.29, 0.717) is 29.8 Å². The van der Waals surface area contributed by atoms with Crippen LogP contribution in [0.3, 0.4) is 0 Å². The molecule has 1 amide bonds. The van der Waals surface area contributed by atoms with Crippen LogP contribution in [0.5, 0.6) is 17.2 Å². The first-order chi connectivity index (χ1) is 15.2. The van der Waals surface area contributed by atoms with E-state index in [-0.39, 0.29) is 18.6 Å². The number of carbonyl (C=O) groups excluding carboxylic acids is 1. The van der Waals surface area contributed by atoms with Crippen molar-refractivity contribution in [2.45, 2.75) is 25.9 Å². The number of anilines is 1. The van der Waals surface area contributed by atoms with Crippen LogP contribution in [0.25, 0.3) is 10.2 Å². The van der Waals surface area contributed by atoms with E-state index in [4.69, 9.17) is 23.9 Å². The van der Waals surface area contributed by atoms with Gasteiger partial charge in [0.2, 0.25) is 0 Å². The second-order valence-electron chi connectivity index (χ2n) is 7.11. The molecule has 3 aromatic rings. The fraction of sp³-hybridized carbons (Fsp3) is 0.391. The monoisotopic (exact) mass is 442 g/mol. The van der Waals surface area contributed by atoms with Gasteiger partial charge in [-0.3, -0.25) is 9.69 Å². The van der Waals surface area contributed by atoms with Gasteiger partial charge in [0.05, 0.1) is 31.1 Å². The van der Waals surface area contributed by atoms with E-state index in [2.05, 4.69) is 0 Å². The van der Waals surface area contributed by atoms with E-state index >= 15 is 0 Å². The number of benzene rings is 2. The summed E-state index contributed by atoms with van der Waals surface area (Å²) >= 11 is 1.46. The number of thiazole rings is 1. The van der Waals surface area contributed by atoms with Gasteiger partial charge in [-0.25, -0.2) is 4.98 Å². The van der Waals surface area contributed by atoms with E-state index < -0.39 is 0 Å². The van der Waals surface area contributed by atoms with Crippen molar-refractivity contribution in [2.24, 2.45) is 0 Å². The van der Waals surface area contributed by atoms with Gasteiger partial charge >= 0.3 is 0 Å². The highest BCUT2D eigenvalue weighted by molar-refractivity contribution is 7.22. The van der Waals surface area contributed by atoms with Crippen LogP contribution >= 0.6 is 11.3 Å². The second-order valence-corrected chi connectivity index (χ2v) is 8.12. The molecule has 0 radical (unpaired) electrons. The van der Waals surface area contributed by atoms with Gasteiger partial charge in [-0.1, -0.05) is 29.5 Å². The number of carbonyl (C=O) groups is 1. The fourth-order valence-electron chi connectivity index (χ4n) is 3.53. The third-order valence-electron chi connectivity index (χ3n) is 5.03. The Balaban J connectivity index is 1.58. The minimum Gasteiger partial charge on any atom is -0.493 e. The molecule has 0 bridgehead atoms. The molecule has 0 spiro atoms. The van der Waals surface area contributed by atoms with Gasteiger partial charge in [-0.05, 0) is 44.0 Å². The average Bonchev–Trinajstić information content (AvgIpc) is 3.46. The van der Waals surface area contributed by atoms with Gasteiger partial charge in [0.25, 0.3) is 5.91 Å². The Morgan fingerprint density at radius 3 is 2.71 bits per heavy atom. The molecule has 0 aliphatic carbocycles. The number of rotatable bonds is 9. The van der Waals surface area contributed by atoms with E-state index in [1.807, 2.05) is 37.3 Å². The lowest BCUT2D eigenvalue weighted by Gasteiger charge is -2.23. The number of hydrogen-bond donors (Lipinski definition) is 0. The third-order valence-corrected chi connectivity index (χ3v) is 6.08. The van der Waals surface area contributed by atoms with Gasteiger partial charge in [0.1, 0.15) is 11.3 Å². The number of hydrogen-bond acceptors (Lipinski definition) is 7. The van der Waals surface area contributed by atoms with Gasteiger partial charge in [-0.2, -0.15) is 0 Å². The summed E-state index contributed by atoms with van der Waals surface area (Å²) in [6.45, 7) is 3.53. The van der Waals surface area contributed by atoms with Crippen molar-refractivity contribution >= 4 is 32.6 Å². The maximum Gasteiger partial charge on any atom is 0.266 e. The van der Waals surface area contributed by atoms with Crippen LogP contribution in [-0.2, 0) is 9.53 Å². The molecule has 164 valence electrons. The Labute approximate surface area is 185 Å². The van der Waals surface area contributed by atoms with E-state index in [1.165, 1.54) is 11.3 Å². The van der Waals surface area contributed by atoms with Crippen molar-refractivity contribution in [3.8, 4) is 17.2 Å². The molecule has 7 nitrogen and oxygen atoms in total. The minimum atomic E-state index is -0.182. The zero-order valence-electron chi connectivity index (χ0n) is 17.7.